The van der Waals surface area contributed by atoms with Gasteiger partial charge < -0.3 is 4.74 Å². The van der Waals surface area contributed by atoms with Crippen molar-refractivity contribution >= 4 is 27.8 Å². The Hall–Kier alpha value is -3.29. The Kier molecular flexibility index (Phi) is 6.86. The van der Waals surface area contributed by atoms with Crippen LogP contribution in [-0.2, 0) is 16.1 Å². The molecule has 0 unspecified atom stereocenters. The number of ether oxygens (including phenoxy) is 1. The Labute approximate surface area is 189 Å². The SMILES string of the molecule is O=C(COC(c1ccccc1)c1ccccc1)Nc1ncn(Cc2ccc(Br)cc2)n1. The quantitative estimate of drug-likeness (QED) is 0.395. The van der Waals surface area contributed by atoms with Crippen LogP contribution in [0.1, 0.15) is 22.8 Å². The van der Waals surface area contributed by atoms with Gasteiger partial charge in [-0.3, -0.25) is 10.1 Å². The number of halogens is 1. The van der Waals surface area contributed by atoms with Crippen LogP contribution in [0.15, 0.2) is 95.7 Å². The largest absolute Gasteiger partial charge is 0.359 e. The van der Waals surface area contributed by atoms with E-state index in [0.29, 0.717) is 6.54 Å². The smallest absolute Gasteiger partial charge is 0.252 e. The molecule has 0 saturated carbocycles. The Balaban J connectivity index is 1.37. The van der Waals surface area contributed by atoms with Crippen molar-refractivity contribution in [3.8, 4) is 0 Å². The Morgan fingerprint density at radius 3 is 2.16 bits per heavy atom. The van der Waals surface area contributed by atoms with E-state index in [-0.39, 0.29) is 24.6 Å². The Morgan fingerprint density at radius 2 is 1.55 bits per heavy atom. The summed E-state index contributed by atoms with van der Waals surface area (Å²) in [4.78, 5) is 16.6. The first-order valence-corrected chi connectivity index (χ1v) is 10.6. The summed E-state index contributed by atoms with van der Waals surface area (Å²) in [6.07, 6.45) is 1.26. The van der Waals surface area contributed by atoms with Gasteiger partial charge in [-0.25, -0.2) is 9.67 Å². The maximum absolute atomic E-state index is 12.5. The van der Waals surface area contributed by atoms with Gasteiger partial charge in [-0.15, -0.1) is 5.10 Å². The lowest BCUT2D eigenvalue weighted by Gasteiger charge is -2.18. The third-order valence-electron chi connectivity index (χ3n) is 4.63. The second-order valence-corrected chi connectivity index (χ2v) is 7.87. The molecule has 7 heteroatoms. The highest BCUT2D eigenvalue weighted by Crippen LogP contribution is 2.25. The fourth-order valence-electron chi connectivity index (χ4n) is 3.17. The minimum absolute atomic E-state index is 0.115. The molecule has 1 amide bonds. The van der Waals surface area contributed by atoms with Crippen LogP contribution in [0, 0.1) is 0 Å². The molecule has 3 aromatic carbocycles. The standard InChI is InChI=1S/C24H21BrN4O2/c25-21-13-11-18(12-14-21)15-29-17-26-24(28-29)27-22(30)16-31-23(19-7-3-1-4-8-19)20-9-5-2-6-10-20/h1-14,17,23H,15-16H2,(H,27,28,30). The van der Waals surface area contributed by atoms with Gasteiger partial charge in [0.25, 0.3) is 5.91 Å². The van der Waals surface area contributed by atoms with E-state index in [1.807, 2.05) is 84.9 Å². The number of carbonyl (C=O) groups excluding carboxylic acids is 1. The number of nitrogens with one attached hydrogen (secondary N) is 1. The summed E-state index contributed by atoms with van der Waals surface area (Å²) in [6, 6.07) is 27.6. The zero-order chi connectivity index (χ0) is 21.5. The average molecular weight is 477 g/mol. The molecule has 31 heavy (non-hydrogen) atoms. The van der Waals surface area contributed by atoms with Gasteiger partial charge >= 0.3 is 0 Å². The van der Waals surface area contributed by atoms with Crippen molar-refractivity contribution in [3.63, 3.8) is 0 Å². The van der Waals surface area contributed by atoms with Crippen LogP contribution in [-0.4, -0.2) is 27.3 Å². The number of nitrogens with zero attached hydrogens (tertiary/aromatic N) is 3. The molecule has 0 spiro atoms. The summed E-state index contributed by atoms with van der Waals surface area (Å²) in [5, 5.41) is 7.02. The molecule has 156 valence electrons. The van der Waals surface area contributed by atoms with E-state index in [0.717, 1.165) is 21.2 Å². The predicted molar refractivity (Wildman–Crippen MR) is 123 cm³/mol. The van der Waals surface area contributed by atoms with E-state index >= 15 is 0 Å². The van der Waals surface area contributed by atoms with Crippen LogP contribution < -0.4 is 5.32 Å². The molecule has 4 aromatic rings. The number of benzene rings is 3. The monoisotopic (exact) mass is 476 g/mol. The third-order valence-corrected chi connectivity index (χ3v) is 5.16. The summed E-state index contributed by atoms with van der Waals surface area (Å²) in [5.74, 6) is -0.0556. The van der Waals surface area contributed by atoms with E-state index in [1.165, 1.54) is 0 Å². The van der Waals surface area contributed by atoms with Gasteiger partial charge in [0.1, 0.15) is 19.0 Å². The van der Waals surface area contributed by atoms with Crippen LogP contribution >= 0.6 is 15.9 Å². The summed E-state index contributed by atoms with van der Waals surface area (Å²) < 4.78 is 8.68. The highest BCUT2D eigenvalue weighted by Gasteiger charge is 2.17. The number of rotatable bonds is 8. The van der Waals surface area contributed by atoms with Gasteiger partial charge in [0.2, 0.25) is 5.95 Å². The van der Waals surface area contributed by atoms with E-state index < -0.39 is 0 Å². The molecule has 0 radical (unpaired) electrons. The summed E-state index contributed by atoms with van der Waals surface area (Å²) in [5.41, 5.74) is 3.06. The fourth-order valence-corrected chi connectivity index (χ4v) is 3.43. The van der Waals surface area contributed by atoms with E-state index in [4.69, 9.17) is 4.74 Å². The Morgan fingerprint density at radius 1 is 0.935 bits per heavy atom. The van der Waals surface area contributed by atoms with Crippen molar-refractivity contribution in [1.82, 2.24) is 14.8 Å². The van der Waals surface area contributed by atoms with Crippen LogP contribution in [0.3, 0.4) is 0 Å². The van der Waals surface area contributed by atoms with Crippen LogP contribution in [0.5, 0.6) is 0 Å². The maximum atomic E-state index is 12.5. The van der Waals surface area contributed by atoms with Gasteiger partial charge in [-0.2, -0.15) is 0 Å². The first kappa shape index (κ1) is 21.0. The molecule has 4 rings (SSSR count). The van der Waals surface area contributed by atoms with Gasteiger partial charge in [-0.05, 0) is 28.8 Å². The second kappa shape index (κ2) is 10.1. The molecule has 0 aliphatic carbocycles. The van der Waals surface area contributed by atoms with Crippen LogP contribution in [0.2, 0.25) is 0 Å². The van der Waals surface area contributed by atoms with Gasteiger partial charge in [-0.1, -0.05) is 88.7 Å². The first-order valence-electron chi connectivity index (χ1n) is 9.82. The van der Waals surface area contributed by atoms with E-state index in [2.05, 4.69) is 31.3 Å². The molecule has 0 saturated heterocycles. The number of hydrogen-bond acceptors (Lipinski definition) is 4. The summed E-state index contributed by atoms with van der Waals surface area (Å²) in [7, 11) is 0. The maximum Gasteiger partial charge on any atom is 0.252 e. The minimum atomic E-state index is -0.337. The molecular formula is C24H21BrN4O2. The molecule has 1 heterocycles. The van der Waals surface area contributed by atoms with Crippen LogP contribution in [0.4, 0.5) is 5.95 Å². The molecule has 1 aromatic heterocycles. The highest BCUT2D eigenvalue weighted by atomic mass is 79.9. The van der Waals surface area contributed by atoms with Crippen LogP contribution in [0.25, 0.3) is 0 Å². The normalized spacial score (nSPS) is 10.9. The van der Waals surface area contributed by atoms with Crippen molar-refractivity contribution in [3.05, 3.63) is 112 Å². The number of aromatic nitrogens is 3. The first-order chi connectivity index (χ1) is 15.2. The van der Waals surface area contributed by atoms with E-state index in [9.17, 15) is 4.79 Å². The number of hydrogen-bond donors (Lipinski definition) is 1. The lowest BCUT2D eigenvalue weighted by atomic mass is 10.0. The zero-order valence-electron chi connectivity index (χ0n) is 16.7. The zero-order valence-corrected chi connectivity index (χ0v) is 18.3. The fraction of sp³-hybridized carbons (Fsp3) is 0.125. The molecular weight excluding hydrogens is 456 g/mol. The Bertz CT molecular complexity index is 1080. The van der Waals surface area contributed by atoms with Crippen molar-refractivity contribution in [2.24, 2.45) is 0 Å². The van der Waals surface area contributed by atoms with Crippen molar-refractivity contribution in [2.75, 3.05) is 11.9 Å². The van der Waals surface area contributed by atoms with Gasteiger partial charge in [0.15, 0.2) is 0 Å². The van der Waals surface area contributed by atoms with Crippen molar-refractivity contribution < 1.29 is 9.53 Å². The number of amides is 1. The molecule has 0 aliphatic heterocycles. The van der Waals surface area contributed by atoms with Crippen molar-refractivity contribution in [1.29, 1.82) is 0 Å². The second-order valence-electron chi connectivity index (χ2n) is 6.95. The third kappa shape index (κ3) is 5.87. The average Bonchev–Trinajstić information content (AvgIpc) is 3.23. The minimum Gasteiger partial charge on any atom is -0.359 e. The summed E-state index contributed by atoms with van der Waals surface area (Å²) in [6.45, 7) is 0.451. The molecule has 1 N–H and O–H groups in total. The predicted octanol–water partition coefficient (Wildman–Crippen LogP) is 4.83. The molecule has 0 fully saturated rings. The van der Waals surface area contributed by atoms with Crippen molar-refractivity contribution in [2.45, 2.75) is 12.6 Å². The number of anilines is 1. The van der Waals surface area contributed by atoms with Gasteiger partial charge in [0.05, 0.1) is 6.54 Å². The van der Waals surface area contributed by atoms with E-state index in [1.54, 1.807) is 11.0 Å². The molecule has 0 aliphatic rings. The molecule has 0 bridgehead atoms. The number of carbonyl (C=O) groups is 1. The molecule has 6 nitrogen and oxygen atoms in total. The van der Waals surface area contributed by atoms with Gasteiger partial charge in [0, 0.05) is 4.47 Å². The lowest BCUT2D eigenvalue weighted by molar-refractivity contribution is -0.122. The highest BCUT2D eigenvalue weighted by molar-refractivity contribution is 9.10. The summed E-state index contributed by atoms with van der Waals surface area (Å²) >= 11 is 3.42. The molecule has 0 atom stereocenters. The topological polar surface area (TPSA) is 69.0 Å². The lowest BCUT2D eigenvalue weighted by Crippen LogP contribution is -2.21.